The molecule has 0 atom stereocenters. The minimum Gasteiger partial charge on any atom is -0.382 e. The van der Waals surface area contributed by atoms with E-state index in [0.717, 1.165) is 62.5 Å². The van der Waals surface area contributed by atoms with Gasteiger partial charge in [0.2, 0.25) is 0 Å². The van der Waals surface area contributed by atoms with E-state index in [4.69, 9.17) is 21.5 Å². The Bertz CT molecular complexity index is 1930. The predicted molar refractivity (Wildman–Crippen MR) is 167 cm³/mol. The Kier molecular flexibility index (Phi) is 6.77. The maximum atomic E-state index is 6.33. The van der Waals surface area contributed by atoms with Gasteiger partial charge < -0.3 is 14.9 Å². The minimum atomic E-state index is 0.325. The highest BCUT2D eigenvalue weighted by Gasteiger charge is 2.15. The first kappa shape index (κ1) is 26.3. The van der Waals surface area contributed by atoms with E-state index in [9.17, 15) is 0 Å². The summed E-state index contributed by atoms with van der Waals surface area (Å²) in [7, 11) is 2.06. The summed E-state index contributed by atoms with van der Waals surface area (Å²) in [6.07, 6.45) is 2.92. The molecule has 3 heterocycles. The van der Waals surface area contributed by atoms with E-state index in [1.807, 2.05) is 13.0 Å². The summed E-state index contributed by atoms with van der Waals surface area (Å²) in [6.45, 7) is 6.96. The molecule has 0 saturated heterocycles. The average molecular weight is 543 g/mol. The number of nitrogens with one attached hydrogen (secondary N) is 1. The van der Waals surface area contributed by atoms with Crippen LogP contribution in [-0.2, 0) is 20.0 Å². The maximum Gasteiger partial charge on any atom is 0.160 e. The first-order valence-corrected chi connectivity index (χ1v) is 13.8. The van der Waals surface area contributed by atoms with Gasteiger partial charge in [0.05, 0.1) is 6.54 Å². The van der Waals surface area contributed by atoms with Gasteiger partial charge in [-0.25, -0.2) is 21.3 Å². The van der Waals surface area contributed by atoms with E-state index in [2.05, 4.69) is 114 Å². The fourth-order valence-corrected chi connectivity index (χ4v) is 5.63. The van der Waals surface area contributed by atoms with E-state index in [1.165, 1.54) is 16.5 Å². The summed E-state index contributed by atoms with van der Waals surface area (Å²) in [5, 5.41) is 5.26. The van der Waals surface area contributed by atoms with Gasteiger partial charge in [-0.1, -0.05) is 43.3 Å². The number of hydrazine groups is 1. The second-order valence-corrected chi connectivity index (χ2v) is 10.5. The summed E-state index contributed by atoms with van der Waals surface area (Å²) in [5.74, 6) is 6.83. The van der Waals surface area contributed by atoms with E-state index in [0.29, 0.717) is 12.4 Å². The fourth-order valence-electron chi connectivity index (χ4n) is 5.63. The van der Waals surface area contributed by atoms with Gasteiger partial charge in [0, 0.05) is 41.8 Å². The standard InChI is InChI=1S/C33H34N8/c1-5-30-37-31-20(2)16-21(3)36-33(31)41(30)19-22-6-8-23(9-7-22)28-18-25(10-12-27(28)32(34)38-39-35)24-11-13-29-26(17-24)14-15-40(29)4/h6-18,39H,5,19,35H2,1-4H3,(H2,34,38). The Hall–Kier alpha value is -4.95. The number of hydrazone groups is 1. The van der Waals surface area contributed by atoms with E-state index >= 15 is 0 Å². The van der Waals surface area contributed by atoms with Crippen LogP contribution in [0.4, 0.5) is 0 Å². The molecular weight excluding hydrogens is 508 g/mol. The lowest BCUT2D eigenvalue weighted by molar-refractivity contribution is 0.745. The fraction of sp³-hybridized carbons (Fsp3) is 0.182. The molecule has 0 aliphatic heterocycles. The molecule has 0 radical (unpaired) electrons. The molecule has 0 amide bonds. The SMILES string of the molecule is CCc1nc2c(C)cc(C)nc2n1Cc1ccc(-c2cc(-c3ccc4c(ccn4C)c3)ccc2/C(N)=N/NN)cc1. The van der Waals surface area contributed by atoms with Crippen molar-refractivity contribution < 1.29 is 0 Å². The largest absolute Gasteiger partial charge is 0.382 e. The molecule has 0 spiro atoms. The predicted octanol–water partition coefficient (Wildman–Crippen LogP) is 5.57. The number of fused-ring (bicyclic) bond motifs is 2. The molecule has 8 heteroatoms. The molecule has 0 fully saturated rings. The third kappa shape index (κ3) is 4.83. The highest BCUT2D eigenvalue weighted by Crippen LogP contribution is 2.32. The monoisotopic (exact) mass is 542 g/mol. The second kappa shape index (κ2) is 10.6. The average Bonchev–Trinajstić information content (AvgIpc) is 3.53. The van der Waals surface area contributed by atoms with Crippen molar-refractivity contribution in [3.8, 4) is 22.3 Å². The van der Waals surface area contributed by atoms with Crippen LogP contribution in [0.15, 0.2) is 84.1 Å². The molecule has 5 N–H and O–H groups in total. The number of aryl methyl sites for hydroxylation is 4. The summed E-state index contributed by atoms with van der Waals surface area (Å²) in [4.78, 5) is 9.73. The number of imidazole rings is 1. The van der Waals surface area contributed by atoms with Crippen molar-refractivity contribution in [3.05, 3.63) is 107 Å². The van der Waals surface area contributed by atoms with Crippen LogP contribution in [0.1, 0.15) is 35.1 Å². The highest BCUT2D eigenvalue weighted by atomic mass is 15.5. The number of rotatable bonds is 7. The van der Waals surface area contributed by atoms with Crippen LogP contribution >= 0.6 is 0 Å². The van der Waals surface area contributed by atoms with E-state index in [-0.39, 0.29) is 0 Å². The van der Waals surface area contributed by atoms with Gasteiger partial charge in [0.1, 0.15) is 11.3 Å². The molecule has 0 saturated carbocycles. The third-order valence-corrected chi connectivity index (χ3v) is 7.72. The maximum absolute atomic E-state index is 6.33. The quantitative estimate of drug-likeness (QED) is 0.106. The molecule has 6 aromatic rings. The van der Waals surface area contributed by atoms with Gasteiger partial charge in [0.15, 0.2) is 11.5 Å². The molecule has 206 valence electrons. The molecule has 8 nitrogen and oxygen atoms in total. The van der Waals surface area contributed by atoms with Crippen molar-refractivity contribution >= 4 is 27.9 Å². The van der Waals surface area contributed by atoms with Crippen molar-refractivity contribution in [2.75, 3.05) is 0 Å². The molecule has 6 rings (SSSR count). The lowest BCUT2D eigenvalue weighted by Gasteiger charge is -2.14. The van der Waals surface area contributed by atoms with Gasteiger partial charge in [0.25, 0.3) is 0 Å². The van der Waals surface area contributed by atoms with Crippen molar-refractivity contribution in [2.24, 2.45) is 23.7 Å². The Labute approximate surface area is 239 Å². The third-order valence-electron chi connectivity index (χ3n) is 7.72. The zero-order valence-corrected chi connectivity index (χ0v) is 23.8. The summed E-state index contributed by atoms with van der Waals surface area (Å²) in [5.41, 5.74) is 20.1. The summed E-state index contributed by atoms with van der Waals surface area (Å²) >= 11 is 0. The van der Waals surface area contributed by atoms with E-state index in [1.54, 1.807) is 0 Å². The van der Waals surface area contributed by atoms with Crippen LogP contribution in [0.3, 0.4) is 0 Å². The number of hydrogen-bond acceptors (Lipinski definition) is 5. The normalized spacial score (nSPS) is 12.0. The zero-order valence-electron chi connectivity index (χ0n) is 23.8. The first-order valence-electron chi connectivity index (χ1n) is 13.8. The lowest BCUT2D eigenvalue weighted by atomic mass is 9.93. The minimum absolute atomic E-state index is 0.325. The van der Waals surface area contributed by atoms with Crippen LogP contribution in [-0.4, -0.2) is 24.9 Å². The number of nitrogens with zero attached hydrogens (tertiary/aromatic N) is 5. The van der Waals surface area contributed by atoms with Crippen molar-refractivity contribution in [2.45, 2.75) is 33.7 Å². The molecule has 41 heavy (non-hydrogen) atoms. The molecule has 0 aliphatic carbocycles. The number of pyridine rings is 1. The number of hydrogen-bond donors (Lipinski definition) is 3. The number of nitrogens with two attached hydrogens (primary N) is 2. The van der Waals surface area contributed by atoms with Crippen LogP contribution in [0, 0.1) is 13.8 Å². The van der Waals surface area contributed by atoms with Gasteiger partial charge in [-0.3, -0.25) is 0 Å². The Morgan fingerprint density at radius 2 is 1.63 bits per heavy atom. The molecule has 3 aromatic heterocycles. The van der Waals surface area contributed by atoms with Gasteiger partial charge >= 0.3 is 0 Å². The topological polar surface area (TPSA) is 112 Å². The lowest BCUT2D eigenvalue weighted by Crippen LogP contribution is -2.23. The number of amidine groups is 1. The van der Waals surface area contributed by atoms with Gasteiger partial charge in [-0.05, 0) is 83.6 Å². The molecular formula is C33H34N8. The molecule has 0 unspecified atom stereocenters. The molecule has 0 bridgehead atoms. The highest BCUT2D eigenvalue weighted by molar-refractivity contribution is 6.04. The van der Waals surface area contributed by atoms with Crippen LogP contribution in [0.25, 0.3) is 44.3 Å². The Morgan fingerprint density at radius 1 is 0.902 bits per heavy atom. The van der Waals surface area contributed by atoms with Crippen molar-refractivity contribution in [1.82, 2.24) is 24.6 Å². The van der Waals surface area contributed by atoms with Crippen LogP contribution in [0.2, 0.25) is 0 Å². The number of benzene rings is 3. The Morgan fingerprint density at radius 3 is 2.39 bits per heavy atom. The second-order valence-electron chi connectivity index (χ2n) is 10.5. The Balaban J connectivity index is 1.39. The molecule has 3 aromatic carbocycles. The van der Waals surface area contributed by atoms with Crippen LogP contribution in [0.5, 0.6) is 0 Å². The van der Waals surface area contributed by atoms with E-state index < -0.39 is 0 Å². The van der Waals surface area contributed by atoms with Crippen LogP contribution < -0.4 is 17.1 Å². The smallest absolute Gasteiger partial charge is 0.160 e. The first-order chi connectivity index (χ1) is 19.9. The van der Waals surface area contributed by atoms with Gasteiger partial charge in [-0.15, -0.1) is 5.10 Å². The van der Waals surface area contributed by atoms with Crippen molar-refractivity contribution in [1.29, 1.82) is 0 Å². The molecule has 0 aliphatic rings. The van der Waals surface area contributed by atoms with Crippen molar-refractivity contribution in [3.63, 3.8) is 0 Å². The summed E-state index contributed by atoms with van der Waals surface area (Å²) in [6, 6.07) is 25.6. The summed E-state index contributed by atoms with van der Waals surface area (Å²) < 4.78 is 4.36. The number of aromatic nitrogens is 4. The van der Waals surface area contributed by atoms with Gasteiger partial charge in [-0.2, -0.15) is 0 Å². The zero-order chi connectivity index (χ0) is 28.7.